The van der Waals surface area contributed by atoms with E-state index in [0.29, 0.717) is 16.5 Å². The second kappa shape index (κ2) is 9.39. The highest BCUT2D eigenvalue weighted by atomic mass is 35.5. The Labute approximate surface area is 164 Å². The molecule has 2 amide bonds. The molecule has 0 aliphatic rings. The highest BCUT2D eigenvalue weighted by Crippen LogP contribution is 2.30. The van der Waals surface area contributed by atoms with Crippen LogP contribution in [0.5, 0.6) is 5.75 Å². The van der Waals surface area contributed by atoms with Crippen LogP contribution in [0.1, 0.15) is 11.1 Å². The number of likely N-dealkylation sites (N-methyl/N-ethyl adjacent to an activating group) is 1. The van der Waals surface area contributed by atoms with Gasteiger partial charge in [-0.05, 0) is 44.7 Å². The number of ether oxygens (including phenoxy) is 1. The van der Waals surface area contributed by atoms with Gasteiger partial charge in [-0.15, -0.1) is 0 Å². The number of methoxy groups -OCH3 is 1. The predicted octanol–water partition coefficient (Wildman–Crippen LogP) is 3.47. The number of carbonyl (C=O) groups is 2. The molecule has 0 atom stereocenters. The van der Waals surface area contributed by atoms with Gasteiger partial charge in [0.25, 0.3) is 0 Å². The Morgan fingerprint density at radius 1 is 1.04 bits per heavy atom. The quantitative estimate of drug-likeness (QED) is 0.760. The number of hydrogen-bond acceptors (Lipinski definition) is 4. The number of halogens is 1. The van der Waals surface area contributed by atoms with Gasteiger partial charge in [0.2, 0.25) is 11.8 Å². The lowest BCUT2D eigenvalue weighted by Gasteiger charge is -2.17. The molecule has 7 heteroatoms. The van der Waals surface area contributed by atoms with E-state index in [1.165, 1.54) is 7.11 Å². The first-order valence-electron chi connectivity index (χ1n) is 8.47. The van der Waals surface area contributed by atoms with Crippen LogP contribution in [0.3, 0.4) is 0 Å². The fourth-order valence-corrected chi connectivity index (χ4v) is 2.66. The number of hydrogen-bond donors (Lipinski definition) is 2. The van der Waals surface area contributed by atoms with Crippen LogP contribution in [0.2, 0.25) is 5.02 Å². The van der Waals surface area contributed by atoms with Crippen LogP contribution in [0.15, 0.2) is 36.4 Å². The zero-order chi connectivity index (χ0) is 20.0. The van der Waals surface area contributed by atoms with E-state index >= 15 is 0 Å². The molecule has 2 aromatic rings. The van der Waals surface area contributed by atoms with Gasteiger partial charge in [0.05, 0.1) is 25.9 Å². The summed E-state index contributed by atoms with van der Waals surface area (Å²) in [6, 6.07) is 10.9. The van der Waals surface area contributed by atoms with Crippen molar-refractivity contribution in [3.8, 4) is 5.75 Å². The fraction of sp³-hybridized carbons (Fsp3) is 0.300. The minimum Gasteiger partial charge on any atom is -0.495 e. The van der Waals surface area contributed by atoms with Gasteiger partial charge in [0.1, 0.15) is 5.75 Å². The molecule has 0 fully saturated rings. The molecule has 144 valence electrons. The minimum absolute atomic E-state index is 0.0617. The molecular weight excluding hydrogens is 366 g/mol. The molecule has 0 aliphatic carbocycles. The number of rotatable bonds is 7. The van der Waals surface area contributed by atoms with Crippen LogP contribution < -0.4 is 15.4 Å². The maximum atomic E-state index is 12.3. The van der Waals surface area contributed by atoms with Gasteiger partial charge in [-0.1, -0.05) is 29.3 Å². The first kappa shape index (κ1) is 20.7. The van der Waals surface area contributed by atoms with E-state index in [1.807, 2.05) is 38.1 Å². The highest BCUT2D eigenvalue weighted by molar-refractivity contribution is 6.31. The lowest BCUT2D eigenvalue weighted by molar-refractivity contribution is -0.119. The van der Waals surface area contributed by atoms with Gasteiger partial charge in [-0.25, -0.2) is 0 Å². The lowest BCUT2D eigenvalue weighted by Crippen LogP contribution is -2.36. The van der Waals surface area contributed by atoms with Crippen molar-refractivity contribution in [2.75, 3.05) is 37.9 Å². The van der Waals surface area contributed by atoms with Crippen molar-refractivity contribution in [1.82, 2.24) is 4.90 Å². The Balaban J connectivity index is 1.89. The van der Waals surface area contributed by atoms with Crippen LogP contribution in [-0.4, -0.2) is 44.0 Å². The number of amides is 2. The van der Waals surface area contributed by atoms with E-state index in [0.717, 1.165) is 16.8 Å². The average Bonchev–Trinajstić information content (AvgIpc) is 2.59. The summed E-state index contributed by atoms with van der Waals surface area (Å²) in [7, 11) is 3.22. The number of nitrogens with one attached hydrogen (secondary N) is 2. The molecule has 27 heavy (non-hydrogen) atoms. The van der Waals surface area contributed by atoms with E-state index in [2.05, 4.69) is 10.6 Å². The summed E-state index contributed by atoms with van der Waals surface area (Å²) in [5.41, 5.74) is 3.22. The molecule has 0 saturated heterocycles. The minimum atomic E-state index is -0.249. The molecule has 0 spiro atoms. The molecule has 2 aromatic carbocycles. The van der Waals surface area contributed by atoms with E-state index < -0.39 is 0 Å². The molecule has 0 radical (unpaired) electrons. The molecule has 0 saturated carbocycles. The number of nitrogens with zero attached hydrogens (tertiary/aromatic N) is 1. The average molecular weight is 390 g/mol. The summed E-state index contributed by atoms with van der Waals surface area (Å²) >= 11 is 6.07. The summed E-state index contributed by atoms with van der Waals surface area (Å²) < 4.78 is 5.25. The van der Waals surface area contributed by atoms with Gasteiger partial charge in [0.15, 0.2) is 0 Å². The molecule has 0 bridgehead atoms. The van der Waals surface area contributed by atoms with E-state index in [9.17, 15) is 9.59 Å². The van der Waals surface area contributed by atoms with Gasteiger partial charge in [-0.2, -0.15) is 0 Å². The van der Waals surface area contributed by atoms with E-state index in [4.69, 9.17) is 16.3 Å². The lowest BCUT2D eigenvalue weighted by atomic mass is 10.2. The van der Waals surface area contributed by atoms with Crippen molar-refractivity contribution in [2.45, 2.75) is 13.8 Å². The molecule has 0 heterocycles. The van der Waals surface area contributed by atoms with Gasteiger partial charge >= 0.3 is 0 Å². The van der Waals surface area contributed by atoms with Gasteiger partial charge < -0.3 is 15.4 Å². The topological polar surface area (TPSA) is 70.7 Å². The third-order valence-corrected chi connectivity index (χ3v) is 4.32. The van der Waals surface area contributed by atoms with Crippen molar-refractivity contribution < 1.29 is 14.3 Å². The number of aryl methyl sites for hydroxylation is 2. The summed E-state index contributed by atoms with van der Waals surface area (Å²) in [5.74, 6) is 0.0495. The Morgan fingerprint density at radius 3 is 2.22 bits per heavy atom. The maximum Gasteiger partial charge on any atom is 0.238 e. The van der Waals surface area contributed by atoms with Gasteiger partial charge in [-0.3, -0.25) is 14.5 Å². The van der Waals surface area contributed by atoms with E-state index in [1.54, 1.807) is 24.1 Å². The Morgan fingerprint density at radius 2 is 1.63 bits per heavy atom. The maximum absolute atomic E-state index is 12.3. The zero-order valence-electron chi connectivity index (χ0n) is 15.9. The summed E-state index contributed by atoms with van der Waals surface area (Å²) in [5, 5.41) is 6.17. The largest absolute Gasteiger partial charge is 0.495 e. The van der Waals surface area contributed by atoms with Crippen LogP contribution in [0.4, 0.5) is 11.4 Å². The van der Waals surface area contributed by atoms with E-state index in [-0.39, 0.29) is 24.9 Å². The SMILES string of the molecule is COc1cc(Cl)c(C)cc1NC(=O)CN(C)CC(=O)Nc1ccc(C)cc1. The Bertz CT molecular complexity index is 822. The molecular formula is C20H24ClN3O3. The summed E-state index contributed by atoms with van der Waals surface area (Å²) in [6.07, 6.45) is 0. The molecule has 2 rings (SSSR count). The van der Waals surface area contributed by atoms with Crippen molar-refractivity contribution in [1.29, 1.82) is 0 Å². The van der Waals surface area contributed by atoms with Crippen molar-refractivity contribution in [2.24, 2.45) is 0 Å². The molecule has 6 nitrogen and oxygen atoms in total. The number of benzene rings is 2. The van der Waals surface area contributed by atoms with Crippen LogP contribution in [0, 0.1) is 13.8 Å². The first-order chi connectivity index (χ1) is 12.8. The van der Waals surface area contributed by atoms with Crippen LogP contribution >= 0.6 is 11.6 Å². The summed E-state index contributed by atoms with van der Waals surface area (Å²) in [4.78, 5) is 26.0. The molecule has 0 aromatic heterocycles. The van der Waals surface area contributed by atoms with Crippen LogP contribution in [-0.2, 0) is 9.59 Å². The van der Waals surface area contributed by atoms with Crippen LogP contribution in [0.25, 0.3) is 0 Å². The highest BCUT2D eigenvalue weighted by Gasteiger charge is 2.14. The predicted molar refractivity (Wildman–Crippen MR) is 109 cm³/mol. The van der Waals surface area contributed by atoms with Crippen molar-refractivity contribution in [3.63, 3.8) is 0 Å². The molecule has 0 aliphatic heterocycles. The Kier molecular flexibility index (Phi) is 7.21. The normalized spacial score (nSPS) is 10.6. The standard InChI is InChI=1S/C20H24ClN3O3/c1-13-5-7-15(8-6-13)22-19(25)11-24(3)12-20(26)23-17-9-14(2)16(21)10-18(17)27-4/h5-10H,11-12H2,1-4H3,(H,22,25)(H,23,26). The first-order valence-corrected chi connectivity index (χ1v) is 8.85. The fourth-order valence-electron chi connectivity index (χ4n) is 2.50. The second-order valence-electron chi connectivity index (χ2n) is 6.44. The smallest absolute Gasteiger partial charge is 0.238 e. The second-order valence-corrected chi connectivity index (χ2v) is 6.84. The third kappa shape index (κ3) is 6.27. The summed E-state index contributed by atoms with van der Waals surface area (Å²) in [6.45, 7) is 3.98. The Hall–Kier alpha value is -2.57. The number of anilines is 2. The third-order valence-electron chi connectivity index (χ3n) is 3.92. The van der Waals surface area contributed by atoms with Gasteiger partial charge in [0, 0.05) is 16.8 Å². The van der Waals surface area contributed by atoms with Crippen molar-refractivity contribution >= 4 is 34.8 Å². The monoisotopic (exact) mass is 389 g/mol. The molecule has 0 unspecified atom stereocenters. The number of carbonyl (C=O) groups excluding carboxylic acids is 2. The zero-order valence-corrected chi connectivity index (χ0v) is 16.7. The van der Waals surface area contributed by atoms with Crippen molar-refractivity contribution in [3.05, 3.63) is 52.5 Å². The molecule has 2 N–H and O–H groups in total.